The first kappa shape index (κ1) is 30.1. The Morgan fingerprint density at radius 2 is 1.56 bits per heavy atom. The van der Waals surface area contributed by atoms with Crippen LogP contribution in [-0.2, 0) is 16.1 Å². The second-order valence-electron chi connectivity index (χ2n) is 10.9. The SMILES string of the molecule is CN1CC(O)N2[C@@H](CC(=O)O)C(=O)N(CCC(c3ccccc3)c3ccccc3)C[C@@H]2N1C(=O)NCc1ccc(F)cc1. The summed E-state index contributed by atoms with van der Waals surface area (Å²) in [7, 11) is 1.66. The summed E-state index contributed by atoms with van der Waals surface area (Å²) in [6.45, 7) is 0.527. The highest BCUT2D eigenvalue weighted by Gasteiger charge is 2.51. The highest BCUT2D eigenvalue weighted by molar-refractivity contribution is 5.87. The molecule has 3 amide bonds. The molecule has 2 heterocycles. The van der Waals surface area contributed by atoms with E-state index in [0.29, 0.717) is 18.5 Å². The van der Waals surface area contributed by atoms with E-state index >= 15 is 0 Å². The van der Waals surface area contributed by atoms with Crippen LogP contribution in [0.4, 0.5) is 9.18 Å². The van der Waals surface area contributed by atoms with Crippen molar-refractivity contribution in [2.75, 3.05) is 26.7 Å². The van der Waals surface area contributed by atoms with Gasteiger partial charge in [0.25, 0.3) is 0 Å². The molecule has 226 valence electrons. The summed E-state index contributed by atoms with van der Waals surface area (Å²) in [6, 6.07) is 24.1. The minimum absolute atomic E-state index is 0.00600. The van der Waals surface area contributed by atoms with Gasteiger partial charge in [-0.2, -0.15) is 0 Å². The van der Waals surface area contributed by atoms with Crippen molar-refractivity contribution in [2.24, 2.45) is 0 Å². The van der Waals surface area contributed by atoms with Crippen LogP contribution in [0, 0.1) is 5.82 Å². The van der Waals surface area contributed by atoms with Gasteiger partial charge in [-0.05, 0) is 35.2 Å². The van der Waals surface area contributed by atoms with Gasteiger partial charge in [-0.25, -0.2) is 24.1 Å². The normalized spacial score (nSPS) is 21.1. The summed E-state index contributed by atoms with van der Waals surface area (Å²) in [5, 5.41) is 26.6. The van der Waals surface area contributed by atoms with Gasteiger partial charge in [0.05, 0.1) is 19.5 Å². The first-order valence-electron chi connectivity index (χ1n) is 14.3. The number of hydrazine groups is 1. The second-order valence-corrected chi connectivity index (χ2v) is 10.9. The number of aliphatic hydroxyl groups excluding tert-OH is 1. The van der Waals surface area contributed by atoms with Gasteiger partial charge >= 0.3 is 12.0 Å². The number of benzene rings is 3. The van der Waals surface area contributed by atoms with Crippen molar-refractivity contribution in [3.05, 3.63) is 107 Å². The van der Waals surface area contributed by atoms with E-state index in [2.05, 4.69) is 5.32 Å². The number of carbonyl (C=O) groups excluding carboxylic acids is 2. The molecule has 3 atom stereocenters. The largest absolute Gasteiger partial charge is 0.481 e. The van der Waals surface area contributed by atoms with Crippen molar-refractivity contribution in [3.8, 4) is 0 Å². The molecule has 2 aliphatic heterocycles. The minimum Gasteiger partial charge on any atom is -0.481 e. The van der Waals surface area contributed by atoms with Gasteiger partial charge in [0, 0.05) is 26.1 Å². The van der Waals surface area contributed by atoms with Crippen LogP contribution in [0.1, 0.15) is 35.4 Å². The fourth-order valence-electron chi connectivity index (χ4n) is 6.08. The van der Waals surface area contributed by atoms with E-state index in [1.54, 1.807) is 29.1 Å². The van der Waals surface area contributed by atoms with Gasteiger partial charge in [0.1, 0.15) is 24.3 Å². The summed E-state index contributed by atoms with van der Waals surface area (Å²) in [6.07, 6.45) is -1.91. The lowest BCUT2D eigenvalue weighted by atomic mass is 9.88. The molecule has 3 aromatic rings. The zero-order valence-electron chi connectivity index (χ0n) is 23.9. The Morgan fingerprint density at radius 1 is 0.953 bits per heavy atom. The number of carboxylic acids is 1. The lowest BCUT2D eigenvalue weighted by Gasteiger charge is -2.56. The number of nitrogens with zero attached hydrogens (tertiary/aromatic N) is 4. The number of hydrogen-bond donors (Lipinski definition) is 3. The Labute approximate surface area is 249 Å². The number of fused-ring (bicyclic) bond motifs is 1. The highest BCUT2D eigenvalue weighted by Crippen LogP contribution is 2.32. The summed E-state index contributed by atoms with van der Waals surface area (Å²) in [5.74, 6) is -1.97. The average Bonchev–Trinajstić information content (AvgIpc) is 2.99. The van der Waals surface area contributed by atoms with Crippen LogP contribution >= 0.6 is 0 Å². The van der Waals surface area contributed by atoms with Gasteiger partial charge in [0.15, 0.2) is 0 Å². The number of likely N-dealkylation sites (N-methyl/N-ethyl adjacent to an activating group) is 1. The summed E-state index contributed by atoms with van der Waals surface area (Å²) in [4.78, 5) is 42.3. The summed E-state index contributed by atoms with van der Waals surface area (Å²) in [5.41, 5.74) is 2.89. The Bertz CT molecular complexity index is 1370. The highest BCUT2D eigenvalue weighted by atomic mass is 19.1. The number of rotatable bonds is 9. The van der Waals surface area contributed by atoms with E-state index in [4.69, 9.17) is 0 Å². The lowest BCUT2D eigenvalue weighted by Crippen LogP contribution is -2.77. The number of amides is 3. The van der Waals surface area contributed by atoms with Gasteiger partial charge in [-0.3, -0.25) is 9.59 Å². The molecule has 0 radical (unpaired) electrons. The number of aliphatic hydroxyl groups is 1. The number of β-amino-alcohol motifs (C(OH)–C–C–N with tert-alkyl or cyclic N) is 1. The van der Waals surface area contributed by atoms with Crippen molar-refractivity contribution < 1.29 is 29.0 Å². The fourth-order valence-corrected chi connectivity index (χ4v) is 6.08. The van der Waals surface area contributed by atoms with Crippen LogP contribution < -0.4 is 5.32 Å². The molecule has 2 aliphatic rings. The van der Waals surface area contributed by atoms with Gasteiger partial charge in [-0.1, -0.05) is 72.8 Å². The number of nitrogens with one attached hydrogen (secondary N) is 1. The van der Waals surface area contributed by atoms with Gasteiger partial charge in [-0.15, -0.1) is 0 Å². The van der Waals surface area contributed by atoms with Crippen LogP contribution in [-0.4, -0.2) is 93.1 Å². The maximum absolute atomic E-state index is 13.8. The minimum atomic E-state index is -1.18. The zero-order valence-corrected chi connectivity index (χ0v) is 23.9. The molecule has 1 unspecified atom stereocenters. The molecule has 2 saturated heterocycles. The molecule has 2 fully saturated rings. The molecule has 3 N–H and O–H groups in total. The number of piperazine rings is 1. The molecular weight excluding hydrogens is 553 g/mol. The van der Waals surface area contributed by atoms with Crippen LogP contribution in [0.25, 0.3) is 0 Å². The summed E-state index contributed by atoms with van der Waals surface area (Å²) >= 11 is 0. The Kier molecular flexibility index (Phi) is 9.34. The topological polar surface area (TPSA) is 117 Å². The molecule has 0 bridgehead atoms. The third-order valence-electron chi connectivity index (χ3n) is 8.13. The Morgan fingerprint density at radius 3 is 2.14 bits per heavy atom. The van der Waals surface area contributed by atoms with E-state index in [-0.39, 0.29) is 31.4 Å². The standard InChI is InChI=1S/C32H36FN5O5/c1-35-21-29(39)37-27(18-30(40)41)31(42)36(17-16-26(23-8-4-2-5-9-23)24-10-6-3-7-11-24)20-28(37)38(35)32(43)34-19-22-12-14-25(33)15-13-22/h2-15,26-29,39H,16-21H2,1H3,(H,34,43)(H,40,41)/t27-,28-,29?/m0/s1. The predicted octanol–water partition coefficient (Wildman–Crippen LogP) is 3.05. The number of halogens is 1. The summed E-state index contributed by atoms with van der Waals surface area (Å²) < 4.78 is 13.3. The van der Waals surface area contributed by atoms with Crippen LogP contribution in [0.15, 0.2) is 84.9 Å². The van der Waals surface area contributed by atoms with E-state index in [0.717, 1.165) is 11.1 Å². The Hall–Kier alpha value is -4.32. The second kappa shape index (κ2) is 13.3. The average molecular weight is 590 g/mol. The van der Waals surface area contributed by atoms with Crippen LogP contribution in [0.2, 0.25) is 0 Å². The molecule has 5 rings (SSSR count). The monoisotopic (exact) mass is 589 g/mol. The molecule has 0 spiro atoms. The molecule has 11 heteroatoms. The molecule has 43 heavy (non-hydrogen) atoms. The van der Waals surface area contributed by atoms with Crippen LogP contribution in [0.5, 0.6) is 0 Å². The smallest absolute Gasteiger partial charge is 0.333 e. The van der Waals surface area contributed by atoms with Crippen molar-refractivity contribution in [2.45, 2.75) is 43.7 Å². The first-order chi connectivity index (χ1) is 20.7. The van der Waals surface area contributed by atoms with E-state index in [1.165, 1.54) is 22.0 Å². The first-order valence-corrected chi connectivity index (χ1v) is 14.3. The van der Waals surface area contributed by atoms with E-state index in [1.807, 2.05) is 60.7 Å². The Balaban J connectivity index is 1.40. The molecule has 10 nitrogen and oxygen atoms in total. The van der Waals surface area contributed by atoms with E-state index < -0.39 is 42.8 Å². The third-order valence-corrected chi connectivity index (χ3v) is 8.13. The maximum Gasteiger partial charge on any atom is 0.333 e. The predicted molar refractivity (Wildman–Crippen MR) is 157 cm³/mol. The number of urea groups is 1. The number of aliphatic carboxylic acids is 1. The number of carboxylic acid groups (broad SMARTS) is 1. The van der Waals surface area contributed by atoms with Crippen molar-refractivity contribution >= 4 is 17.9 Å². The number of hydrogen-bond acceptors (Lipinski definition) is 6. The quantitative estimate of drug-likeness (QED) is 0.351. The van der Waals surface area contributed by atoms with Gasteiger partial charge in [0.2, 0.25) is 5.91 Å². The van der Waals surface area contributed by atoms with Crippen molar-refractivity contribution in [1.82, 2.24) is 25.1 Å². The van der Waals surface area contributed by atoms with Crippen molar-refractivity contribution in [1.29, 1.82) is 0 Å². The van der Waals surface area contributed by atoms with Gasteiger partial charge < -0.3 is 20.4 Å². The maximum atomic E-state index is 13.8. The molecule has 0 aliphatic carbocycles. The van der Waals surface area contributed by atoms with Crippen molar-refractivity contribution in [3.63, 3.8) is 0 Å². The lowest BCUT2D eigenvalue weighted by molar-refractivity contribution is -0.223. The number of carbonyl (C=O) groups is 3. The third kappa shape index (κ3) is 6.85. The van der Waals surface area contributed by atoms with E-state index in [9.17, 15) is 29.0 Å². The molecule has 0 aromatic heterocycles. The molecule has 0 saturated carbocycles. The molecule has 3 aromatic carbocycles. The zero-order chi connectivity index (χ0) is 30.5. The fraction of sp³-hybridized carbons (Fsp3) is 0.344. The van der Waals surface area contributed by atoms with Crippen LogP contribution in [0.3, 0.4) is 0 Å². The molecular formula is C32H36FN5O5.